The van der Waals surface area contributed by atoms with Gasteiger partial charge in [0, 0.05) is 37.4 Å². The Morgan fingerprint density at radius 3 is 2.57 bits per heavy atom. The van der Waals surface area contributed by atoms with Crippen LogP contribution in [0.4, 0.5) is 5.95 Å². The van der Waals surface area contributed by atoms with E-state index in [4.69, 9.17) is 0 Å². The summed E-state index contributed by atoms with van der Waals surface area (Å²) in [5, 5.41) is 3.22. The van der Waals surface area contributed by atoms with Crippen molar-refractivity contribution in [1.82, 2.24) is 15.3 Å². The topological polar surface area (TPSA) is 58.1 Å². The van der Waals surface area contributed by atoms with Crippen molar-refractivity contribution in [2.75, 3.05) is 18.0 Å². The van der Waals surface area contributed by atoms with Crippen LogP contribution in [0.25, 0.3) is 0 Å². The van der Waals surface area contributed by atoms with E-state index in [1.807, 2.05) is 6.07 Å². The second-order valence-electron chi connectivity index (χ2n) is 5.80. The fourth-order valence-corrected chi connectivity index (χ4v) is 3.03. The molecule has 2 aliphatic rings. The molecule has 112 valence electrons. The van der Waals surface area contributed by atoms with Gasteiger partial charge in [-0.3, -0.25) is 4.79 Å². The lowest BCUT2D eigenvalue weighted by atomic mass is 9.93. The van der Waals surface area contributed by atoms with Gasteiger partial charge >= 0.3 is 0 Å². The van der Waals surface area contributed by atoms with Crippen LogP contribution in [0.5, 0.6) is 0 Å². The van der Waals surface area contributed by atoms with Gasteiger partial charge in [0.05, 0.1) is 0 Å². The Hall–Kier alpha value is -1.91. The highest BCUT2D eigenvalue weighted by atomic mass is 16.1. The zero-order valence-corrected chi connectivity index (χ0v) is 12.2. The number of allylic oxidation sites excluding steroid dienone is 2. The number of hydrogen-bond donors (Lipinski definition) is 1. The molecule has 1 aromatic heterocycles. The number of nitrogens with one attached hydrogen (secondary N) is 1. The van der Waals surface area contributed by atoms with E-state index in [2.05, 4.69) is 32.3 Å². The third-order valence-electron chi connectivity index (χ3n) is 4.32. The summed E-state index contributed by atoms with van der Waals surface area (Å²) in [6.45, 7) is 1.80. The van der Waals surface area contributed by atoms with Gasteiger partial charge in [0.25, 0.3) is 0 Å². The minimum absolute atomic E-state index is 0.172. The average molecular weight is 286 g/mol. The molecule has 0 radical (unpaired) electrons. The zero-order valence-electron chi connectivity index (χ0n) is 12.2. The summed E-state index contributed by atoms with van der Waals surface area (Å²) in [5.74, 6) is 1.19. The van der Waals surface area contributed by atoms with Gasteiger partial charge in [0.1, 0.15) is 0 Å². The van der Waals surface area contributed by atoms with Crippen LogP contribution in [0.2, 0.25) is 0 Å². The Morgan fingerprint density at radius 2 is 1.90 bits per heavy atom. The van der Waals surface area contributed by atoms with E-state index >= 15 is 0 Å². The van der Waals surface area contributed by atoms with E-state index in [-0.39, 0.29) is 11.8 Å². The summed E-state index contributed by atoms with van der Waals surface area (Å²) in [7, 11) is 0. The van der Waals surface area contributed by atoms with Gasteiger partial charge in [-0.05, 0) is 38.2 Å². The number of hydrogen-bond acceptors (Lipinski definition) is 4. The molecule has 1 atom stereocenters. The highest BCUT2D eigenvalue weighted by molar-refractivity contribution is 5.79. The molecule has 0 aromatic carbocycles. The summed E-state index contributed by atoms with van der Waals surface area (Å²) >= 11 is 0. The number of aromatic nitrogens is 2. The smallest absolute Gasteiger partial charge is 0.225 e. The molecule has 0 saturated carbocycles. The third-order valence-corrected chi connectivity index (χ3v) is 4.32. The quantitative estimate of drug-likeness (QED) is 0.862. The molecule has 1 aliphatic heterocycles. The summed E-state index contributed by atoms with van der Waals surface area (Å²) in [5.41, 5.74) is 0. The number of anilines is 1. The molecule has 1 saturated heterocycles. The lowest BCUT2D eigenvalue weighted by Gasteiger charge is -2.33. The standard InChI is InChI=1S/C16H22N4O/c21-15(13-5-2-1-3-6-13)19-14-7-11-20(12-8-14)16-17-9-4-10-18-16/h1-2,4,9-10,13-14H,3,5-8,11-12H2,(H,19,21)/t13-/m0/s1. The molecule has 0 bridgehead atoms. The Morgan fingerprint density at radius 1 is 1.14 bits per heavy atom. The van der Waals surface area contributed by atoms with Gasteiger partial charge in [0.15, 0.2) is 0 Å². The fourth-order valence-electron chi connectivity index (χ4n) is 3.03. The summed E-state index contributed by atoms with van der Waals surface area (Å²) in [6.07, 6.45) is 12.7. The Balaban J connectivity index is 1.47. The Labute approximate surface area is 125 Å². The van der Waals surface area contributed by atoms with E-state index in [1.54, 1.807) is 12.4 Å². The first-order valence-electron chi connectivity index (χ1n) is 7.80. The van der Waals surface area contributed by atoms with Crippen molar-refractivity contribution in [3.05, 3.63) is 30.6 Å². The van der Waals surface area contributed by atoms with Gasteiger partial charge in [-0.1, -0.05) is 12.2 Å². The van der Waals surface area contributed by atoms with Crippen molar-refractivity contribution in [1.29, 1.82) is 0 Å². The van der Waals surface area contributed by atoms with Gasteiger partial charge in [-0.25, -0.2) is 9.97 Å². The molecule has 5 nitrogen and oxygen atoms in total. The van der Waals surface area contributed by atoms with Gasteiger partial charge < -0.3 is 10.2 Å². The SMILES string of the molecule is O=C(NC1CCN(c2ncccn2)CC1)[C@H]1CC=CCC1. The van der Waals surface area contributed by atoms with E-state index in [0.717, 1.165) is 51.1 Å². The van der Waals surface area contributed by atoms with Crippen molar-refractivity contribution in [3.8, 4) is 0 Å². The molecule has 1 fully saturated rings. The van der Waals surface area contributed by atoms with Gasteiger partial charge in [0.2, 0.25) is 11.9 Å². The van der Waals surface area contributed by atoms with Crippen molar-refractivity contribution in [3.63, 3.8) is 0 Å². The maximum Gasteiger partial charge on any atom is 0.225 e. The van der Waals surface area contributed by atoms with Gasteiger partial charge in [-0.15, -0.1) is 0 Å². The van der Waals surface area contributed by atoms with Crippen molar-refractivity contribution in [2.24, 2.45) is 5.92 Å². The van der Waals surface area contributed by atoms with Crippen LogP contribution in [-0.4, -0.2) is 35.0 Å². The maximum atomic E-state index is 12.2. The molecule has 1 aromatic rings. The molecule has 1 aliphatic carbocycles. The van der Waals surface area contributed by atoms with E-state index in [0.29, 0.717) is 6.04 Å². The summed E-state index contributed by atoms with van der Waals surface area (Å²) in [6, 6.07) is 2.12. The van der Waals surface area contributed by atoms with Gasteiger partial charge in [-0.2, -0.15) is 0 Å². The molecule has 3 rings (SSSR count). The second-order valence-corrected chi connectivity index (χ2v) is 5.80. The maximum absolute atomic E-state index is 12.2. The monoisotopic (exact) mass is 286 g/mol. The molecule has 0 unspecified atom stereocenters. The van der Waals surface area contributed by atoms with Crippen LogP contribution in [0.15, 0.2) is 30.6 Å². The first-order chi connectivity index (χ1) is 10.3. The molecule has 0 spiro atoms. The normalized spacial score (nSPS) is 23.0. The average Bonchev–Trinajstić information content (AvgIpc) is 2.57. The second kappa shape index (κ2) is 6.70. The third kappa shape index (κ3) is 3.60. The molecule has 1 amide bonds. The van der Waals surface area contributed by atoms with Crippen molar-refractivity contribution >= 4 is 11.9 Å². The number of carbonyl (C=O) groups is 1. The number of carbonyl (C=O) groups excluding carboxylic acids is 1. The lowest BCUT2D eigenvalue weighted by Crippen LogP contribution is -2.46. The minimum Gasteiger partial charge on any atom is -0.353 e. The predicted octanol–water partition coefficient (Wildman–Crippen LogP) is 1.92. The predicted molar refractivity (Wildman–Crippen MR) is 81.9 cm³/mol. The molecular formula is C16H22N4O. The molecule has 21 heavy (non-hydrogen) atoms. The zero-order chi connectivity index (χ0) is 14.5. The minimum atomic E-state index is 0.172. The largest absolute Gasteiger partial charge is 0.353 e. The van der Waals surface area contributed by atoms with Crippen LogP contribution in [0.1, 0.15) is 32.1 Å². The van der Waals surface area contributed by atoms with Crippen LogP contribution in [0, 0.1) is 5.92 Å². The first kappa shape index (κ1) is 14.0. The number of nitrogens with zero attached hydrogens (tertiary/aromatic N) is 3. The first-order valence-corrected chi connectivity index (χ1v) is 7.80. The number of amides is 1. The molecule has 1 N–H and O–H groups in total. The van der Waals surface area contributed by atoms with E-state index < -0.39 is 0 Å². The van der Waals surface area contributed by atoms with Crippen molar-refractivity contribution in [2.45, 2.75) is 38.1 Å². The summed E-state index contributed by atoms with van der Waals surface area (Å²) in [4.78, 5) is 23.0. The Bertz CT molecular complexity index is 494. The lowest BCUT2D eigenvalue weighted by molar-refractivity contribution is -0.126. The van der Waals surface area contributed by atoms with Crippen LogP contribution in [0.3, 0.4) is 0 Å². The fraction of sp³-hybridized carbons (Fsp3) is 0.562. The van der Waals surface area contributed by atoms with Crippen molar-refractivity contribution < 1.29 is 4.79 Å². The molecule has 5 heteroatoms. The van der Waals surface area contributed by atoms with E-state index in [9.17, 15) is 4.79 Å². The Kier molecular flexibility index (Phi) is 4.48. The molecule has 2 heterocycles. The summed E-state index contributed by atoms with van der Waals surface area (Å²) < 4.78 is 0. The van der Waals surface area contributed by atoms with Crippen LogP contribution in [-0.2, 0) is 4.79 Å². The number of piperidine rings is 1. The highest BCUT2D eigenvalue weighted by Crippen LogP contribution is 2.20. The molecular weight excluding hydrogens is 264 g/mol. The number of rotatable bonds is 3. The van der Waals surface area contributed by atoms with Crippen LogP contribution >= 0.6 is 0 Å². The van der Waals surface area contributed by atoms with Crippen LogP contribution < -0.4 is 10.2 Å². The van der Waals surface area contributed by atoms with E-state index in [1.165, 1.54) is 0 Å². The highest BCUT2D eigenvalue weighted by Gasteiger charge is 2.25.